The lowest BCUT2D eigenvalue weighted by molar-refractivity contribution is -0.125. The van der Waals surface area contributed by atoms with Gasteiger partial charge < -0.3 is 15.5 Å². The third-order valence-corrected chi connectivity index (χ3v) is 6.88. The van der Waals surface area contributed by atoms with Crippen LogP contribution in [0.3, 0.4) is 0 Å². The summed E-state index contributed by atoms with van der Waals surface area (Å²) < 4.78 is 0. The molecule has 162 valence electrons. The van der Waals surface area contributed by atoms with Crippen molar-refractivity contribution >= 4 is 17.2 Å². The Bertz CT molecular complexity index is 1060. The molecule has 1 aliphatic heterocycles. The minimum Gasteiger partial charge on any atom is -0.508 e. The molecule has 0 radical (unpaired) electrons. The Morgan fingerprint density at radius 2 is 2.00 bits per heavy atom. The van der Waals surface area contributed by atoms with Gasteiger partial charge in [0.2, 0.25) is 5.91 Å². The molecule has 1 saturated heterocycles. The number of likely N-dealkylation sites (tertiary alicyclic amines) is 1. The molecular formula is C24H27N3O3S. The van der Waals surface area contributed by atoms with Crippen LogP contribution in [0.25, 0.3) is 10.4 Å². The maximum atomic E-state index is 12.9. The van der Waals surface area contributed by atoms with E-state index >= 15 is 0 Å². The highest BCUT2D eigenvalue weighted by Gasteiger charge is 2.36. The predicted molar refractivity (Wildman–Crippen MR) is 122 cm³/mol. The van der Waals surface area contributed by atoms with E-state index in [-0.39, 0.29) is 11.7 Å². The lowest BCUT2D eigenvalue weighted by Crippen LogP contribution is -2.42. The Labute approximate surface area is 186 Å². The van der Waals surface area contributed by atoms with E-state index in [9.17, 15) is 15.0 Å². The fourth-order valence-electron chi connectivity index (χ4n) is 4.05. The highest BCUT2D eigenvalue weighted by atomic mass is 32.1. The summed E-state index contributed by atoms with van der Waals surface area (Å²) in [4.78, 5) is 20.3. The van der Waals surface area contributed by atoms with Crippen LogP contribution in [0.15, 0.2) is 48.0 Å². The number of aromatic nitrogens is 1. The number of hydrogen-bond donors (Lipinski definition) is 3. The van der Waals surface area contributed by atoms with Gasteiger partial charge in [-0.2, -0.15) is 0 Å². The van der Waals surface area contributed by atoms with Gasteiger partial charge in [0.05, 0.1) is 28.2 Å². The van der Waals surface area contributed by atoms with Crippen molar-refractivity contribution in [3.63, 3.8) is 0 Å². The zero-order chi connectivity index (χ0) is 22.0. The van der Waals surface area contributed by atoms with Crippen LogP contribution in [0, 0.1) is 13.8 Å². The summed E-state index contributed by atoms with van der Waals surface area (Å²) in [5.41, 5.74) is 6.78. The van der Waals surface area contributed by atoms with Gasteiger partial charge >= 0.3 is 0 Å². The number of nitrogens with zero attached hydrogens (tertiary/aromatic N) is 2. The number of β-amino-alcohol motifs (C(OH)–C–C–N with tert-alkyl or cyclic N) is 1. The third kappa shape index (κ3) is 4.79. The highest BCUT2D eigenvalue weighted by molar-refractivity contribution is 7.13. The standard InChI is InChI=1S/C24H27N3O3S/c1-15-19(4-3-5-22(15)29)12-27-13-20(28)10-21(27)24(30)25-11-17-6-8-18(9-7-17)23-16(2)26-14-31-23/h3-9,14,20-21,28-29H,10-13H2,1-2H3,(H,25,30)/t20-,21+/m1/s1. The molecule has 0 unspecified atom stereocenters. The van der Waals surface area contributed by atoms with Crippen molar-refractivity contribution in [2.45, 2.75) is 45.5 Å². The normalized spacial score (nSPS) is 18.9. The van der Waals surface area contributed by atoms with Gasteiger partial charge in [0.1, 0.15) is 5.75 Å². The Balaban J connectivity index is 1.39. The van der Waals surface area contributed by atoms with Gasteiger partial charge in [-0.15, -0.1) is 11.3 Å². The first-order chi connectivity index (χ1) is 14.9. The number of phenols is 1. The zero-order valence-electron chi connectivity index (χ0n) is 17.7. The summed E-state index contributed by atoms with van der Waals surface area (Å²) >= 11 is 1.62. The average Bonchev–Trinajstić information content (AvgIpc) is 3.35. The van der Waals surface area contributed by atoms with Crippen LogP contribution in [0.2, 0.25) is 0 Å². The number of thiazole rings is 1. The van der Waals surface area contributed by atoms with Crippen molar-refractivity contribution in [3.05, 3.63) is 70.4 Å². The summed E-state index contributed by atoms with van der Waals surface area (Å²) in [6.45, 7) is 5.25. The molecule has 3 N–H and O–H groups in total. The SMILES string of the molecule is Cc1ncsc1-c1ccc(CNC(=O)[C@@H]2C[C@@H](O)CN2Cc2cccc(O)c2C)cc1. The van der Waals surface area contributed by atoms with Gasteiger partial charge in [0.15, 0.2) is 0 Å². The van der Waals surface area contributed by atoms with Crippen LogP contribution in [0.5, 0.6) is 5.75 Å². The Kier molecular flexibility index (Phi) is 6.36. The first-order valence-corrected chi connectivity index (χ1v) is 11.3. The molecule has 2 aromatic carbocycles. The van der Waals surface area contributed by atoms with E-state index in [4.69, 9.17) is 0 Å². The number of phenolic OH excluding ortho intramolecular Hbond substituents is 1. The second-order valence-corrected chi connectivity index (χ2v) is 8.93. The van der Waals surface area contributed by atoms with Crippen molar-refractivity contribution < 1.29 is 15.0 Å². The molecule has 0 aliphatic carbocycles. The van der Waals surface area contributed by atoms with Gasteiger partial charge in [-0.3, -0.25) is 9.69 Å². The molecule has 1 aliphatic rings. The molecule has 7 heteroatoms. The smallest absolute Gasteiger partial charge is 0.237 e. The lowest BCUT2D eigenvalue weighted by atomic mass is 10.1. The molecule has 1 fully saturated rings. The van der Waals surface area contributed by atoms with E-state index in [1.165, 1.54) is 0 Å². The van der Waals surface area contributed by atoms with Crippen LogP contribution >= 0.6 is 11.3 Å². The zero-order valence-corrected chi connectivity index (χ0v) is 18.5. The van der Waals surface area contributed by atoms with Crippen LogP contribution in [-0.4, -0.2) is 44.7 Å². The summed E-state index contributed by atoms with van der Waals surface area (Å²) in [6.07, 6.45) is -0.122. The maximum Gasteiger partial charge on any atom is 0.237 e. The third-order valence-electron chi connectivity index (χ3n) is 5.90. The fourth-order valence-corrected chi connectivity index (χ4v) is 4.86. The van der Waals surface area contributed by atoms with Crippen molar-refractivity contribution in [2.75, 3.05) is 6.54 Å². The number of carbonyl (C=O) groups is 1. The monoisotopic (exact) mass is 437 g/mol. The Morgan fingerprint density at radius 1 is 1.23 bits per heavy atom. The van der Waals surface area contributed by atoms with E-state index in [2.05, 4.69) is 22.4 Å². The quantitative estimate of drug-likeness (QED) is 0.550. The first kappa shape index (κ1) is 21.5. The van der Waals surface area contributed by atoms with Gasteiger partial charge in [0.25, 0.3) is 0 Å². The molecule has 1 amide bonds. The highest BCUT2D eigenvalue weighted by Crippen LogP contribution is 2.28. The second kappa shape index (κ2) is 9.18. The summed E-state index contributed by atoms with van der Waals surface area (Å²) in [5, 5.41) is 23.1. The number of rotatable bonds is 6. The number of aliphatic hydroxyl groups excluding tert-OH is 1. The van der Waals surface area contributed by atoms with Gasteiger partial charge in [-0.1, -0.05) is 36.4 Å². The summed E-state index contributed by atoms with van der Waals surface area (Å²) in [7, 11) is 0. The predicted octanol–water partition coefficient (Wildman–Crippen LogP) is 3.38. The van der Waals surface area contributed by atoms with E-state index < -0.39 is 12.1 Å². The van der Waals surface area contributed by atoms with E-state index in [0.29, 0.717) is 26.1 Å². The fraction of sp³-hybridized carbons (Fsp3) is 0.333. The van der Waals surface area contributed by atoms with Gasteiger partial charge in [-0.25, -0.2) is 4.98 Å². The number of carbonyl (C=O) groups excluding carboxylic acids is 1. The molecule has 0 bridgehead atoms. The molecule has 1 aromatic heterocycles. The van der Waals surface area contributed by atoms with Gasteiger partial charge in [0, 0.05) is 19.6 Å². The minimum atomic E-state index is -0.532. The van der Waals surface area contributed by atoms with Gasteiger partial charge in [-0.05, 0) is 48.6 Å². The Morgan fingerprint density at radius 3 is 2.71 bits per heavy atom. The lowest BCUT2D eigenvalue weighted by Gasteiger charge is -2.24. The number of nitrogens with one attached hydrogen (secondary N) is 1. The molecule has 4 rings (SSSR count). The molecule has 31 heavy (non-hydrogen) atoms. The first-order valence-electron chi connectivity index (χ1n) is 10.4. The molecule has 2 atom stereocenters. The number of aryl methyl sites for hydroxylation is 1. The number of hydrogen-bond acceptors (Lipinski definition) is 6. The van der Waals surface area contributed by atoms with Crippen molar-refractivity contribution in [2.24, 2.45) is 0 Å². The van der Waals surface area contributed by atoms with Crippen molar-refractivity contribution in [1.82, 2.24) is 15.2 Å². The molecule has 3 aromatic rings. The summed E-state index contributed by atoms with van der Waals surface area (Å²) in [6, 6.07) is 13.2. The largest absolute Gasteiger partial charge is 0.508 e. The molecular weight excluding hydrogens is 410 g/mol. The van der Waals surface area contributed by atoms with E-state index in [1.807, 2.05) is 42.5 Å². The number of benzene rings is 2. The summed E-state index contributed by atoms with van der Waals surface area (Å²) in [5.74, 6) is 0.159. The number of aromatic hydroxyl groups is 1. The van der Waals surface area contributed by atoms with Crippen LogP contribution in [-0.2, 0) is 17.9 Å². The number of aliphatic hydroxyl groups is 1. The Hall–Kier alpha value is -2.74. The average molecular weight is 438 g/mol. The van der Waals surface area contributed by atoms with E-state index in [1.54, 1.807) is 23.5 Å². The van der Waals surface area contributed by atoms with E-state index in [0.717, 1.165) is 32.8 Å². The molecule has 0 saturated carbocycles. The number of amides is 1. The maximum absolute atomic E-state index is 12.9. The topological polar surface area (TPSA) is 85.7 Å². The molecule has 0 spiro atoms. The second-order valence-electron chi connectivity index (χ2n) is 8.08. The van der Waals surface area contributed by atoms with Crippen molar-refractivity contribution in [3.8, 4) is 16.2 Å². The molecule has 6 nitrogen and oxygen atoms in total. The van der Waals surface area contributed by atoms with Crippen LogP contribution < -0.4 is 5.32 Å². The van der Waals surface area contributed by atoms with Crippen molar-refractivity contribution in [1.29, 1.82) is 0 Å². The minimum absolute atomic E-state index is 0.0864. The molecule has 2 heterocycles. The van der Waals surface area contributed by atoms with Crippen LogP contribution in [0.1, 0.15) is 28.8 Å². The van der Waals surface area contributed by atoms with Crippen LogP contribution in [0.4, 0.5) is 0 Å².